The van der Waals surface area contributed by atoms with Gasteiger partial charge in [0, 0.05) is 17.6 Å². The summed E-state index contributed by atoms with van der Waals surface area (Å²) >= 11 is 3.25. The summed E-state index contributed by atoms with van der Waals surface area (Å²) in [6.07, 6.45) is 0. The Bertz CT molecular complexity index is 393. The SMILES string of the molecule is O=C(Nc1cc(F)ccc1Br)C1CNC1. The maximum atomic E-state index is 12.9. The zero-order valence-corrected chi connectivity index (χ0v) is 9.47. The Hall–Kier alpha value is -0.940. The largest absolute Gasteiger partial charge is 0.325 e. The van der Waals surface area contributed by atoms with Gasteiger partial charge in [0.25, 0.3) is 0 Å². The fraction of sp³-hybridized carbons (Fsp3) is 0.300. The fourth-order valence-electron chi connectivity index (χ4n) is 1.30. The molecule has 5 heteroatoms. The van der Waals surface area contributed by atoms with E-state index < -0.39 is 0 Å². The van der Waals surface area contributed by atoms with E-state index in [-0.39, 0.29) is 17.6 Å². The smallest absolute Gasteiger partial charge is 0.230 e. The van der Waals surface area contributed by atoms with Gasteiger partial charge in [-0.2, -0.15) is 0 Å². The lowest BCUT2D eigenvalue weighted by atomic mass is 10.0. The molecule has 1 aliphatic rings. The number of rotatable bonds is 2. The van der Waals surface area contributed by atoms with Gasteiger partial charge in [0.1, 0.15) is 5.82 Å². The number of carbonyl (C=O) groups is 1. The molecule has 0 aliphatic carbocycles. The van der Waals surface area contributed by atoms with E-state index >= 15 is 0 Å². The van der Waals surface area contributed by atoms with Gasteiger partial charge in [0.15, 0.2) is 0 Å². The minimum Gasteiger partial charge on any atom is -0.325 e. The van der Waals surface area contributed by atoms with E-state index in [1.54, 1.807) is 6.07 Å². The molecule has 1 saturated heterocycles. The number of halogens is 2. The number of benzene rings is 1. The highest BCUT2D eigenvalue weighted by atomic mass is 79.9. The van der Waals surface area contributed by atoms with Crippen molar-refractivity contribution in [3.63, 3.8) is 0 Å². The molecule has 1 amide bonds. The lowest BCUT2D eigenvalue weighted by Crippen LogP contribution is -2.48. The van der Waals surface area contributed by atoms with E-state index in [0.29, 0.717) is 23.2 Å². The van der Waals surface area contributed by atoms with Gasteiger partial charge in [-0.3, -0.25) is 4.79 Å². The third-order valence-corrected chi connectivity index (χ3v) is 3.03. The van der Waals surface area contributed by atoms with E-state index in [0.717, 1.165) is 0 Å². The first-order chi connectivity index (χ1) is 7.16. The highest BCUT2D eigenvalue weighted by Crippen LogP contribution is 2.23. The molecule has 0 atom stereocenters. The van der Waals surface area contributed by atoms with Crippen LogP contribution in [0.2, 0.25) is 0 Å². The summed E-state index contributed by atoms with van der Waals surface area (Å²) in [5, 5.41) is 5.69. The average Bonchev–Trinajstić information content (AvgIpc) is 2.08. The highest BCUT2D eigenvalue weighted by molar-refractivity contribution is 9.10. The van der Waals surface area contributed by atoms with Crippen molar-refractivity contribution in [3.05, 3.63) is 28.5 Å². The summed E-state index contributed by atoms with van der Waals surface area (Å²) in [7, 11) is 0. The van der Waals surface area contributed by atoms with Gasteiger partial charge in [-0.15, -0.1) is 0 Å². The van der Waals surface area contributed by atoms with Gasteiger partial charge in [0.2, 0.25) is 5.91 Å². The average molecular weight is 273 g/mol. The standard InChI is InChI=1S/C10H10BrFN2O/c11-8-2-1-7(12)3-9(8)14-10(15)6-4-13-5-6/h1-3,6,13H,4-5H2,(H,14,15). The molecule has 2 rings (SSSR count). The Kier molecular flexibility index (Phi) is 3.02. The topological polar surface area (TPSA) is 41.1 Å². The second kappa shape index (κ2) is 4.28. The van der Waals surface area contributed by atoms with Crippen molar-refractivity contribution in [1.82, 2.24) is 5.32 Å². The molecule has 2 N–H and O–H groups in total. The summed E-state index contributed by atoms with van der Waals surface area (Å²) in [5.74, 6) is -0.430. The molecule has 0 bridgehead atoms. The molecule has 1 fully saturated rings. The van der Waals surface area contributed by atoms with Gasteiger partial charge < -0.3 is 10.6 Å². The molecule has 0 aromatic heterocycles. The molecule has 1 aromatic rings. The van der Waals surface area contributed by atoms with Crippen LogP contribution in [0, 0.1) is 11.7 Å². The first-order valence-corrected chi connectivity index (χ1v) is 5.43. The van der Waals surface area contributed by atoms with Crippen LogP contribution >= 0.6 is 15.9 Å². The third kappa shape index (κ3) is 2.35. The van der Waals surface area contributed by atoms with Crippen molar-refractivity contribution >= 4 is 27.5 Å². The predicted molar refractivity (Wildman–Crippen MR) is 59.1 cm³/mol. The second-order valence-electron chi connectivity index (χ2n) is 3.47. The maximum Gasteiger partial charge on any atom is 0.230 e. The van der Waals surface area contributed by atoms with E-state index in [2.05, 4.69) is 26.6 Å². The van der Waals surface area contributed by atoms with Crippen LogP contribution in [0.25, 0.3) is 0 Å². The van der Waals surface area contributed by atoms with Gasteiger partial charge in [-0.1, -0.05) is 0 Å². The van der Waals surface area contributed by atoms with Crippen molar-refractivity contribution in [1.29, 1.82) is 0 Å². The summed E-state index contributed by atoms with van der Waals surface area (Å²) in [5.41, 5.74) is 0.479. The molecular weight excluding hydrogens is 263 g/mol. The minimum atomic E-state index is -0.361. The summed E-state index contributed by atoms with van der Waals surface area (Å²) in [6, 6.07) is 4.21. The van der Waals surface area contributed by atoms with Crippen molar-refractivity contribution in [2.75, 3.05) is 18.4 Å². The Morgan fingerprint density at radius 2 is 2.27 bits per heavy atom. The lowest BCUT2D eigenvalue weighted by molar-refractivity contribution is -0.121. The van der Waals surface area contributed by atoms with E-state index in [4.69, 9.17) is 0 Å². The van der Waals surface area contributed by atoms with Gasteiger partial charge in [-0.25, -0.2) is 4.39 Å². The van der Waals surface area contributed by atoms with Crippen molar-refractivity contribution < 1.29 is 9.18 Å². The normalized spacial score (nSPS) is 15.9. The Balaban J connectivity index is 2.09. The van der Waals surface area contributed by atoms with E-state index in [9.17, 15) is 9.18 Å². The van der Waals surface area contributed by atoms with Crippen molar-refractivity contribution in [2.45, 2.75) is 0 Å². The zero-order valence-electron chi connectivity index (χ0n) is 7.89. The van der Waals surface area contributed by atoms with Gasteiger partial charge in [-0.05, 0) is 34.1 Å². The summed E-state index contributed by atoms with van der Waals surface area (Å²) < 4.78 is 13.6. The first-order valence-electron chi connectivity index (χ1n) is 4.63. The third-order valence-electron chi connectivity index (χ3n) is 2.34. The molecule has 1 aliphatic heterocycles. The number of amides is 1. The highest BCUT2D eigenvalue weighted by Gasteiger charge is 2.25. The molecule has 0 spiro atoms. The van der Waals surface area contributed by atoms with Crippen LogP contribution in [0.3, 0.4) is 0 Å². The van der Waals surface area contributed by atoms with Crippen LogP contribution in [0.4, 0.5) is 10.1 Å². The van der Waals surface area contributed by atoms with Crippen LogP contribution in [0.15, 0.2) is 22.7 Å². The molecule has 1 aromatic carbocycles. The number of anilines is 1. The fourth-order valence-corrected chi connectivity index (χ4v) is 1.65. The molecule has 0 saturated carbocycles. The van der Waals surface area contributed by atoms with Crippen LogP contribution in [0.5, 0.6) is 0 Å². The van der Waals surface area contributed by atoms with Crippen molar-refractivity contribution in [3.8, 4) is 0 Å². The molecule has 0 radical (unpaired) electrons. The van der Waals surface area contributed by atoms with Crippen LogP contribution < -0.4 is 10.6 Å². The first kappa shape index (κ1) is 10.6. The molecule has 80 valence electrons. The Labute approximate surface area is 95.2 Å². The Morgan fingerprint density at radius 3 is 2.87 bits per heavy atom. The van der Waals surface area contributed by atoms with Crippen LogP contribution in [0.1, 0.15) is 0 Å². The lowest BCUT2D eigenvalue weighted by Gasteiger charge is -2.25. The summed E-state index contributed by atoms with van der Waals surface area (Å²) in [6.45, 7) is 1.39. The Morgan fingerprint density at radius 1 is 1.53 bits per heavy atom. The quantitative estimate of drug-likeness (QED) is 0.861. The van der Waals surface area contributed by atoms with Crippen LogP contribution in [-0.2, 0) is 4.79 Å². The number of nitrogens with one attached hydrogen (secondary N) is 2. The predicted octanol–water partition coefficient (Wildman–Crippen LogP) is 1.75. The molecular formula is C10H10BrFN2O. The molecule has 15 heavy (non-hydrogen) atoms. The second-order valence-corrected chi connectivity index (χ2v) is 4.32. The maximum absolute atomic E-state index is 12.9. The molecule has 0 unspecified atom stereocenters. The number of hydrogen-bond donors (Lipinski definition) is 2. The molecule has 3 nitrogen and oxygen atoms in total. The van der Waals surface area contributed by atoms with E-state index in [1.807, 2.05) is 0 Å². The number of carbonyl (C=O) groups excluding carboxylic acids is 1. The van der Waals surface area contributed by atoms with Crippen molar-refractivity contribution in [2.24, 2.45) is 5.92 Å². The van der Waals surface area contributed by atoms with Gasteiger partial charge in [0.05, 0.1) is 11.6 Å². The minimum absolute atomic E-state index is 0.000155. The van der Waals surface area contributed by atoms with Crippen LogP contribution in [-0.4, -0.2) is 19.0 Å². The summed E-state index contributed by atoms with van der Waals surface area (Å²) in [4.78, 5) is 11.6. The zero-order chi connectivity index (χ0) is 10.8. The van der Waals surface area contributed by atoms with Gasteiger partial charge >= 0.3 is 0 Å². The number of hydrogen-bond acceptors (Lipinski definition) is 2. The van der Waals surface area contributed by atoms with E-state index in [1.165, 1.54) is 12.1 Å². The monoisotopic (exact) mass is 272 g/mol. The molecule has 1 heterocycles.